The molecule has 0 saturated carbocycles. The number of hydrogen-bond acceptors (Lipinski definition) is 3. The van der Waals surface area contributed by atoms with E-state index in [4.69, 9.17) is 4.74 Å². The van der Waals surface area contributed by atoms with Crippen LogP contribution in [0.25, 0.3) is 0 Å². The molecule has 134 valence electrons. The van der Waals surface area contributed by atoms with Gasteiger partial charge in [-0.3, -0.25) is 0 Å². The molecule has 26 heavy (non-hydrogen) atoms. The Morgan fingerprint density at radius 1 is 1.19 bits per heavy atom. The molecule has 1 aliphatic carbocycles. The summed E-state index contributed by atoms with van der Waals surface area (Å²) in [6.07, 6.45) is 5.62. The Morgan fingerprint density at radius 2 is 2.00 bits per heavy atom. The lowest BCUT2D eigenvalue weighted by Crippen LogP contribution is -2.29. The van der Waals surface area contributed by atoms with E-state index in [-0.39, 0.29) is 5.97 Å². The van der Waals surface area contributed by atoms with Gasteiger partial charge in [0.15, 0.2) is 0 Å². The number of allylic oxidation sites excluding steroid dienone is 2. The third-order valence-corrected chi connectivity index (χ3v) is 5.30. The lowest BCUT2D eigenvalue weighted by Gasteiger charge is -2.37. The molecule has 3 nitrogen and oxygen atoms in total. The molecule has 0 bridgehead atoms. The van der Waals surface area contributed by atoms with Gasteiger partial charge in [-0.05, 0) is 47.6 Å². The van der Waals surface area contributed by atoms with Crippen molar-refractivity contribution in [2.45, 2.75) is 32.2 Å². The van der Waals surface area contributed by atoms with Gasteiger partial charge >= 0.3 is 5.97 Å². The lowest BCUT2D eigenvalue weighted by atomic mass is 9.76. The van der Waals surface area contributed by atoms with Crippen molar-refractivity contribution in [2.75, 3.05) is 11.9 Å². The van der Waals surface area contributed by atoms with Crippen LogP contribution in [0.5, 0.6) is 0 Å². The van der Waals surface area contributed by atoms with Crippen LogP contribution in [0.4, 0.5) is 5.69 Å². The van der Waals surface area contributed by atoms with Crippen LogP contribution < -0.4 is 5.32 Å². The maximum Gasteiger partial charge on any atom is 0.338 e. The molecular formula is C23H25NO2. The van der Waals surface area contributed by atoms with E-state index in [9.17, 15) is 4.79 Å². The van der Waals surface area contributed by atoms with Gasteiger partial charge in [-0.2, -0.15) is 0 Å². The molecular weight excluding hydrogens is 322 g/mol. The zero-order valence-corrected chi connectivity index (χ0v) is 15.3. The highest BCUT2D eigenvalue weighted by Crippen LogP contribution is 2.49. The summed E-state index contributed by atoms with van der Waals surface area (Å²) in [5.74, 6) is 0.929. The molecule has 2 aromatic rings. The van der Waals surface area contributed by atoms with Crippen LogP contribution in [-0.2, 0) is 4.74 Å². The standard InChI is InChI=1S/C23H25NO2/c1-15(2)14-26-23(25)17-11-12-21-20(13-17)18-9-6-10-19(18)22(24-21)16-7-4-3-5-8-16/h3-9,11-13,15,18-19,22,24H,10,14H2,1-2H3/t18-,19-,22-/m1/s1. The lowest BCUT2D eigenvalue weighted by molar-refractivity contribution is 0.0459. The maximum absolute atomic E-state index is 12.4. The Morgan fingerprint density at radius 3 is 2.77 bits per heavy atom. The van der Waals surface area contributed by atoms with Crippen molar-refractivity contribution in [1.82, 2.24) is 0 Å². The number of rotatable bonds is 4. The van der Waals surface area contributed by atoms with E-state index in [0.29, 0.717) is 36.0 Å². The van der Waals surface area contributed by atoms with Crippen LogP contribution in [-0.4, -0.2) is 12.6 Å². The number of anilines is 1. The molecule has 1 N–H and O–H groups in total. The zero-order valence-electron chi connectivity index (χ0n) is 15.3. The molecule has 0 radical (unpaired) electrons. The van der Waals surface area contributed by atoms with Crippen molar-refractivity contribution in [3.8, 4) is 0 Å². The van der Waals surface area contributed by atoms with E-state index in [1.807, 2.05) is 32.0 Å². The van der Waals surface area contributed by atoms with Crippen LogP contribution in [0.3, 0.4) is 0 Å². The number of hydrogen-bond donors (Lipinski definition) is 1. The molecule has 1 aliphatic heterocycles. The van der Waals surface area contributed by atoms with Gasteiger partial charge in [0, 0.05) is 11.6 Å². The highest BCUT2D eigenvalue weighted by Gasteiger charge is 2.38. The van der Waals surface area contributed by atoms with Gasteiger partial charge in [-0.25, -0.2) is 4.79 Å². The van der Waals surface area contributed by atoms with Crippen LogP contribution in [0, 0.1) is 11.8 Å². The van der Waals surface area contributed by atoms with Gasteiger partial charge in [0.2, 0.25) is 0 Å². The zero-order chi connectivity index (χ0) is 18.1. The highest BCUT2D eigenvalue weighted by molar-refractivity contribution is 5.90. The second-order valence-electron chi connectivity index (χ2n) is 7.68. The molecule has 4 rings (SSSR count). The second-order valence-corrected chi connectivity index (χ2v) is 7.68. The van der Waals surface area contributed by atoms with Gasteiger partial charge in [0.25, 0.3) is 0 Å². The summed E-state index contributed by atoms with van der Waals surface area (Å²) in [4.78, 5) is 12.4. The first-order valence-corrected chi connectivity index (χ1v) is 9.42. The number of ether oxygens (including phenoxy) is 1. The molecule has 0 fully saturated rings. The molecule has 1 heterocycles. The molecule has 0 saturated heterocycles. The summed E-state index contributed by atoms with van der Waals surface area (Å²) in [6.45, 7) is 4.54. The van der Waals surface area contributed by atoms with E-state index in [2.05, 4.69) is 47.8 Å². The first-order chi connectivity index (χ1) is 12.6. The number of carbonyl (C=O) groups is 1. The van der Waals surface area contributed by atoms with Crippen molar-refractivity contribution >= 4 is 11.7 Å². The third kappa shape index (κ3) is 3.14. The summed E-state index contributed by atoms with van der Waals surface area (Å²) in [5, 5.41) is 3.71. The van der Waals surface area contributed by atoms with Crippen molar-refractivity contribution in [3.63, 3.8) is 0 Å². The van der Waals surface area contributed by atoms with Gasteiger partial charge in [0.05, 0.1) is 18.2 Å². The van der Waals surface area contributed by atoms with E-state index in [0.717, 1.165) is 12.1 Å². The number of esters is 1. The number of carbonyl (C=O) groups excluding carboxylic acids is 1. The van der Waals surface area contributed by atoms with Gasteiger partial charge in [-0.1, -0.05) is 56.3 Å². The fourth-order valence-electron chi connectivity index (χ4n) is 4.04. The van der Waals surface area contributed by atoms with E-state index in [1.165, 1.54) is 11.1 Å². The summed E-state index contributed by atoms with van der Waals surface area (Å²) >= 11 is 0. The minimum Gasteiger partial charge on any atom is -0.462 e. The van der Waals surface area contributed by atoms with Crippen LogP contribution in [0.1, 0.15) is 53.7 Å². The van der Waals surface area contributed by atoms with Crippen molar-refractivity contribution < 1.29 is 9.53 Å². The first-order valence-electron chi connectivity index (χ1n) is 9.42. The molecule has 0 unspecified atom stereocenters. The third-order valence-electron chi connectivity index (χ3n) is 5.30. The molecule has 3 atom stereocenters. The molecule has 0 aromatic heterocycles. The number of nitrogens with one attached hydrogen (secondary N) is 1. The second kappa shape index (κ2) is 6.99. The monoisotopic (exact) mass is 347 g/mol. The Kier molecular flexibility index (Phi) is 4.54. The van der Waals surface area contributed by atoms with Gasteiger partial charge < -0.3 is 10.1 Å². The molecule has 0 amide bonds. The van der Waals surface area contributed by atoms with Crippen molar-refractivity contribution in [2.24, 2.45) is 11.8 Å². The van der Waals surface area contributed by atoms with Crippen molar-refractivity contribution in [3.05, 3.63) is 77.4 Å². The van der Waals surface area contributed by atoms with Gasteiger partial charge in [0.1, 0.15) is 0 Å². The topological polar surface area (TPSA) is 38.3 Å². The summed E-state index contributed by atoms with van der Waals surface area (Å²) < 4.78 is 5.40. The van der Waals surface area contributed by atoms with E-state index >= 15 is 0 Å². The fraction of sp³-hybridized carbons (Fsp3) is 0.348. The summed E-state index contributed by atoms with van der Waals surface area (Å²) in [5.41, 5.74) is 4.28. The van der Waals surface area contributed by atoms with E-state index in [1.54, 1.807) is 0 Å². The van der Waals surface area contributed by atoms with Crippen LogP contribution >= 0.6 is 0 Å². The Hall–Kier alpha value is -2.55. The predicted octanol–water partition coefficient (Wildman–Crippen LogP) is 5.33. The number of benzene rings is 2. The maximum atomic E-state index is 12.4. The average molecular weight is 347 g/mol. The number of fused-ring (bicyclic) bond motifs is 3. The molecule has 2 aliphatic rings. The fourth-order valence-corrected chi connectivity index (χ4v) is 4.04. The summed E-state index contributed by atoms with van der Waals surface area (Å²) in [6, 6.07) is 16.8. The molecule has 2 aromatic carbocycles. The largest absolute Gasteiger partial charge is 0.462 e. The van der Waals surface area contributed by atoms with E-state index < -0.39 is 0 Å². The Bertz CT molecular complexity index is 825. The first kappa shape index (κ1) is 16.9. The van der Waals surface area contributed by atoms with Crippen LogP contribution in [0.2, 0.25) is 0 Å². The van der Waals surface area contributed by atoms with Gasteiger partial charge in [-0.15, -0.1) is 0 Å². The molecule has 3 heteroatoms. The highest BCUT2D eigenvalue weighted by atomic mass is 16.5. The Balaban J connectivity index is 1.64. The SMILES string of the molecule is CC(C)COC(=O)c1ccc2c(c1)[C@@H]1C=CC[C@H]1[C@@H](c1ccccc1)N2. The quantitative estimate of drug-likeness (QED) is 0.600. The minimum atomic E-state index is -0.231. The minimum absolute atomic E-state index is 0.231. The normalized spacial score (nSPS) is 23.3. The predicted molar refractivity (Wildman–Crippen MR) is 104 cm³/mol. The smallest absolute Gasteiger partial charge is 0.338 e. The Labute approximate surface area is 155 Å². The van der Waals surface area contributed by atoms with Crippen LogP contribution in [0.15, 0.2) is 60.7 Å². The summed E-state index contributed by atoms with van der Waals surface area (Å²) in [7, 11) is 0. The average Bonchev–Trinajstić information content (AvgIpc) is 3.16. The molecule has 0 spiro atoms. The van der Waals surface area contributed by atoms with Crippen molar-refractivity contribution in [1.29, 1.82) is 0 Å².